The molecule has 1 aromatic carbocycles. The van der Waals surface area contributed by atoms with Crippen LogP contribution in [-0.2, 0) is 21.1 Å². The number of unbranched alkanes of at least 4 members (excludes halogenated alkanes) is 1. The number of rotatable bonds is 7. The van der Waals surface area contributed by atoms with Crippen molar-refractivity contribution in [1.29, 1.82) is 5.26 Å². The molecule has 1 unspecified atom stereocenters. The molecule has 1 atom stereocenters. The smallest absolute Gasteiger partial charge is 0.223 e. The van der Waals surface area contributed by atoms with E-state index in [1.807, 2.05) is 12.1 Å². The molecule has 1 fully saturated rings. The Labute approximate surface area is 144 Å². The van der Waals surface area contributed by atoms with Crippen molar-refractivity contribution in [3.8, 4) is 6.07 Å². The molecule has 2 rings (SSSR count). The summed E-state index contributed by atoms with van der Waals surface area (Å²) in [4.78, 5) is 14.4. The zero-order chi connectivity index (χ0) is 17.6. The normalized spacial score (nSPS) is 18.9. The van der Waals surface area contributed by atoms with Crippen LogP contribution in [0.1, 0.15) is 43.7 Å². The van der Waals surface area contributed by atoms with E-state index in [9.17, 15) is 13.2 Å². The summed E-state index contributed by atoms with van der Waals surface area (Å²) in [6.45, 7) is 2.69. The molecule has 0 saturated carbocycles. The SMILES string of the molecule is CCCCN(C(=O)CCc1ccc(C#N)cc1)C1CCS(=O)(=O)C1. The minimum Gasteiger partial charge on any atom is -0.339 e. The van der Waals surface area contributed by atoms with Crippen molar-refractivity contribution < 1.29 is 13.2 Å². The Balaban J connectivity index is 1.97. The van der Waals surface area contributed by atoms with Crippen LogP contribution in [0.2, 0.25) is 0 Å². The van der Waals surface area contributed by atoms with Gasteiger partial charge < -0.3 is 4.90 Å². The van der Waals surface area contributed by atoms with E-state index in [0.717, 1.165) is 18.4 Å². The lowest BCUT2D eigenvalue weighted by Crippen LogP contribution is -2.41. The summed E-state index contributed by atoms with van der Waals surface area (Å²) in [5.41, 5.74) is 1.61. The third kappa shape index (κ3) is 5.07. The number of aryl methyl sites for hydroxylation is 1. The van der Waals surface area contributed by atoms with Crippen molar-refractivity contribution in [1.82, 2.24) is 4.90 Å². The maximum Gasteiger partial charge on any atom is 0.223 e. The highest BCUT2D eigenvalue weighted by molar-refractivity contribution is 7.91. The van der Waals surface area contributed by atoms with E-state index >= 15 is 0 Å². The Kier molecular flexibility index (Phi) is 6.38. The first-order valence-corrected chi connectivity index (χ1v) is 10.3. The molecule has 1 aliphatic rings. The fourth-order valence-electron chi connectivity index (χ4n) is 3.00. The molecule has 0 spiro atoms. The maximum absolute atomic E-state index is 12.6. The average Bonchev–Trinajstić information content (AvgIpc) is 2.93. The number of benzene rings is 1. The molecule has 0 radical (unpaired) electrons. The van der Waals surface area contributed by atoms with E-state index in [4.69, 9.17) is 5.26 Å². The lowest BCUT2D eigenvalue weighted by molar-refractivity contribution is -0.133. The molecule has 1 amide bonds. The van der Waals surface area contributed by atoms with Crippen LogP contribution in [0.3, 0.4) is 0 Å². The summed E-state index contributed by atoms with van der Waals surface area (Å²) < 4.78 is 23.4. The zero-order valence-corrected chi connectivity index (χ0v) is 14.9. The number of amides is 1. The van der Waals surface area contributed by atoms with Crippen LogP contribution in [0.4, 0.5) is 0 Å². The number of nitriles is 1. The topological polar surface area (TPSA) is 78.2 Å². The monoisotopic (exact) mass is 348 g/mol. The molecule has 130 valence electrons. The van der Waals surface area contributed by atoms with E-state index < -0.39 is 9.84 Å². The van der Waals surface area contributed by atoms with Crippen molar-refractivity contribution in [3.05, 3.63) is 35.4 Å². The Morgan fingerprint density at radius 1 is 1.33 bits per heavy atom. The second kappa shape index (κ2) is 8.29. The molecule has 0 aromatic heterocycles. The summed E-state index contributed by atoms with van der Waals surface area (Å²) >= 11 is 0. The lowest BCUT2D eigenvalue weighted by Gasteiger charge is -2.28. The molecular formula is C18H24N2O3S. The highest BCUT2D eigenvalue weighted by Crippen LogP contribution is 2.20. The molecule has 5 nitrogen and oxygen atoms in total. The van der Waals surface area contributed by atoms with Gasteiger partial charge in [-0.3, -0.25) is 4.79 Å². The Bertz CT molecular complexity index is 705. The van der Waals surface area contributed by atoms with E-state index in [2.05, 4.69) is 13.0 Å². The fraction of sp³-hybridized carbons (Fsp3) is 0.556. The predicted octanol–water partition coefficient (Wildman–Crippen LogP) is 2.31. The molecule has 6 heteroatoms. The van der Waals surface area contributed by atoms with Gasteiger partial charge >= 0.3 is 0 Å². The van der Waals surface area contributed by atoms with Gasteiger partial charge in [0.25, 0.3) is 0 Å². The van der Waals surface area contributed by atoms with Crippen LogP contribution in [0.25, 0.3) is 0 Å². The Morgan fingerprint density at radius 2 is 2.04 bits per heavy atom. The van der Waals surface area contributed by atoms with Crippen LogP contribution < -0.4 is 0 Å². The molecule has 24 heavy (non-hydrogen) atoms. The van der Waals surface area contributed by atoms with Gasteiger partial charge in [0.15, 0.2) is 9.84 Å². The summed E-state index contributed by atoms with van der Waals surface area (Å²) in [7, 11) is -3.00. The minimum absolute atomic E-state index is 0.0231. The molecule has 0 bridgehead atoms. The molecule has 1 aliphatic heterocycles. The van der Waals surface area contributed by atoms with Crippen LogP contribution >= 0.6 is 0 Å². The van der Waals surface area contributed by atoms with Gasteiger partial charge in [-0.25, -0.2) is 8.42 Å². The van der Waals surface area contributed by atoms with Crippen molar-refractivity contribution in [2.24, 2.45) is 0 Å². The average molecular weight is 348 g/mol. The molecule has 0 N–H and O–H groups in total. The number of carbonyl (C=O) groups is 1. The number of nitrogens with zero attached hydrogens (tertiary/aromatic N) is 2. The molecular weight excluding hydrogens is 324 g/mol. The van der Waals surface area contributed by atoms with Crippen LogP contribution in [0, 0.1) is 11.3 Å². The summed E-state index contributed by atoms with van der Waals surface area (Å²) in [6.07, 6.45) is 3.38. The zero-order valence-electron chi connectivity index (χ0n) is 14.1. The van der Waals surface area contributed by atoms with Crippen LogP contribution in [0.15, 0.2) is 24.3 Å². The summed E-state index contributed by atoms with van der Waals surface area (Å²) in [6, 6.07) is 9.12. The van der Waals surface area contributed by atoms with Crippen molar-refractivity contribution in [2.45, 2.75) is 45.1 Å². The Morgan fingerprint density at radius 3 is 2.58 bits per heavy atom. The predicted molar refractivity (Wildman–Crippen MR) is 93.2 cm³/mol. The highest BCUT2D eigenvalue weighted by atomic mass is 32.2. The van der Waals surface area contributed by atoms with E-state index in [0.29, 0.717) is 31.4 Å². The third-order valence-electron chi connectivity index (χ3n) is 4.43. The summed E-state index contributed by atoms with van der Waals surface area (Å²) in [5, 5.41) is 8.81. The van der Waals surface area contributed by atoms with Crippen LogP contribution in [-0.4, -0.2) is 43.3 Å². The molecule has 1 saturated heterocycles. The third-order valence-corrected chi connectivity index (χ3v) is 6.18. The largest absolute Gasteiger partial charge is 0.339 e. The number of sulfone groups is 1. The standard InChI is InChI=1S/C18H24N2O3S/c1-2-3-11-20(17-10-12-24(22,23)14-17)18(21)9-8-15-4-6-16(13-19)7-5-15/h4-7,17H,2-3,8-12,14H2,1H3. The number of hydrogen-bond donors (Lipinski definition) is 0. The first-order chi connectivity index (χ1) is 11.4. The first-order valence-electron chi connectivity index (χ1n) is 8.44. The number of carbonyl (C=O) groups excluding carboxylic acids is 1. The van der Waals surface area contributed by atoms with Crippen molar-refractivity contribution in [2.75, 3.05) is 18.1 Å². The van der Waals surface area contributed by atoms with Gasteiger partial charge in [0.2, 0.25) is 5.91 Å². The van der Waals surface area contributed by atoms with E-state index in [1.54, 1.807) is 17.0 Å². The van der Waals surface area contributed by atoms with E-state index in [1.165, 1.54) is 0 Å². The molecule has 1 heterocycles. The van der Waals surface area contributed by atoms with Crippen molar-refractivity contribution in [3.63, 3.8) is 0 Å². The molecule has 1 aromatic rings. The van der Waals surface area contributed by atoms with Gasteiger partial charge in [0, 0.05) is 19.0 Å². The minimum atomic E-state index is -3.00. The highest BCUT2D eigenvalue weighted by Gasteiger charge is 2.34. The second-order valence-corrected chi connectivity index (χ2v) is 8.53. The van der Waals surface area contributed by atoms with Gasteiger partial charge in [-0.15, -0.1) is 0 Å². The van der Waals surface area contributed by atoms with Crippen LogP contribution in [0.5, 0.6) is 0 Å². The first kappa shape index (κ1) is 18.5. The second-order valence-electron chi connectivity index (χ2n) is 6.31. The van der Waals surface area contributed by atoms with E-state index in [-0.39, 0.29) is 23.5 Å². The summed E-state index contributed by atoms with van der Waals surface area (Å²) in [5.74, 6) is 0.303. The fourth-order valence-corrected chi connectivity index (χ4v) is 4.73. The molecule has 0 aliphatic carbocycles. The van der Waals surface area contributed by atoms with Gasteiger partial charge in [-0.1, -0.05) is 25.5 Å². The van der Waals surface area contributed by atoms with Gasteiger partial charge in [0.1, 0.15) is 0 Å². The van der Waals surface area contributed by atoms with Crippen molar-refractivity contribution >= 4 is 15.7 Å². The van der Waals surface area contributed by atoms with Gasteiger partial charge in [-0.05, 0) is 37.0 Å². The van der Waals surface area contributed by atoms with Gasteiger partial charge in [-0.2, -0.15) is 5.26 Å². The quantitative estimate of drug-likeness (QED) is 0.757. The maximum atomic E-state index is 12.6. The number of hydrogen-bond acceptors (Lipinski definition) is 4. The lowest BCUT2D eigenvalue weighted by atomic mass is 10.1. The van der Waals surface area contributed by atoms with Gasteiger partial charge in [0.05, 0.1) is 23.1 Å². The Hall–Kier alpha value is -1.87.